The summed E-state index contributed by atoms with van der Waals surface area (Å²) in [6, 6.07) is 8.43. The number of nitrogens with one attached hydrogen (secondary N) is 1. The van der Waals surface area contributed by atoms with Crippen LogP contribution in [0.25, 0.3) is 0 Å². The third kappa shape index (κ3) is 3.62. The van der Waals surface area contributed by atoms with Crippen molar-refractivity contribution in [1.29, 1.82) is 0 Å². The molecule has 1 atom stereocenters. The van der Waals surface area contributed by atoms with E-state index < -0.39 is 0 Å². The van der Waals surface area contributed by atoms with Crippen LogP contribution in [0.2, 0.25) is 0 Å². The molecule has 1 unspecified atom stereocenters. The summed E-state index contributed by atoms with van der Waals surface area (Å²) < 4.78 is 0. The van der Waals surface area contributed by atoms with Gasteiger partial charge in [-0.25, -0.2) is 0 Å². The third-order valence-electron chi connectivity index (χ3n) is 4.81. The molecule has 2 heteroatoms. The van der Waals surface area contributed by atoms with Crippen LogP contribution >= 0.6 is 0 Å². The second kappa shape index (κ2) is 6.28. The van der Waals surface area contributed by atoms with Crippen molar-refractivity contribution in [3.63, 3.8) is 0 Å². The van der Waals surface area contributed by atoms with Gasteiger partial charge in [-0.1, -0.05) is 30.2 Å². The fourth-order valence-electron chi connectivity index (χ4n) is 3.33. The van der Waals surface area contributed by atoms with E-state index in [1.54, 1.807) is 0 Å². The Morgan fingerprint density at radius 1 is 1.15 bits per heavy atom. The number of nitrogens with zero attached hydrogens (tertiary/aromatic N) is 1. The maximum absolute atomic E-state index is 3.70. The highest BCUT2D eigenvalue weighted by atomic mass is 15.2. The molecule has 20 heavy (non-hydrogen) atoms. The van der Waals surface area contributed by atoms with Crippen molar-refractivity contribution < 1.29 is 0 Å². The van der Waals surface area contributed by atoms with E-state index in [1.807, 2.05) is 0 Å². The van der Waals surface area contributed by atoms with E-state index >= 15 is 0 Å². The zero-order valence-corrected chi connectivity index (χ0v) is 13.0. The third-order valence-corrected chi connectivity index (χ3v) is 4.81. The van der Waals surface area contributed by atoms with Crippen molar-refractivity contribution in [3.05, 3.63) is 34.9 Å². The van der Waals surface area contributed by atoms with Crippen LogP contribution in [0.3, 0.4) is 0 Å². The Labute approximate surface area is 123 Å². The van der Waals surface area contributed by atoms with E-state index in [1.165, 1.54) is 61.9 Å². The van der Waals surface area contributed by atoms with Gasteiger partial charge in [0.1, 0.15) is 0 Å². The van der Waals surface area contributed by atoms with E-state index in [0.29, 0.717) is 0 Å². The van der Waals surface area contributed by atoms with Gasteiger partial charge in [-0.2, -0.15) is 0 Å². The van der Waals surface area contributed by atoms with Crippen LogP contribution in [-0.4, -0.2) is 30.1 Å². The zero-order chi connectivity index (χ0) is 13.9. The minimum absolute atomic E-state index is 0.717. The van der Waals surface area contributed by atoms with Crippen LogP contribution in [0, 0.1) is 13.8 Å². The van der Waals surface area contributed by atoms with Crippen LogP contribution in [0.15, 0.2) is 18.2 Å². The fourth-order valence-corrected chi connectivity index (χ4v) is 3.33. The first-order chi connectivity index (χ1) is 9.72. The van der Waals surface area contributed by atoms with E-state index in [-0.39, 0.29) is 0 Å². The Balaban J connectivity index is 1.66. The first kappa shape index (κ1) is 14.1. The molecule has 3 rings (SSSR count). The number of piperidine rings is 1. The Kier molecular flexibility index (Phi) is 4.42. The number of aryl methyl sites for hydroxylation is 2. The highest BCUT2D eigenvalue weighted by Gasteiger charge is 2.31. The van der Waals surface area contributed by atoms with Crippen molar-refractivity contribution in [1.82, 2.24) is 10.2 Å². The van der Waals surface area contributed by atoms with Crippen LogP contribution in [0.5, 0.6) is 0 Å². The topological polar surface area (TPSA) is 15.3 Å². The summed E-state index contributed by atoms with van der Waals surface area (Å²) in [6.07, 6.45) is 6.92. The summed E-state index contributed by atoms with van der Waals surface area (Å²) in [4.78, 5) is 2.73. The summed E-state index contributed by atoms with van der Waals surface area (Å²) in [7, 11) is 0. The molecule has 2 nitrogen and oxygen atoms in total. The summed E-state index contributed by atoms with van der Waals surface area (Å²) in [5, 5.41) is 3.70. The lowest BCUT2D eigenvalue weighted by Gasteiger charge is -2.31. The molecule has 2 aliphatic rings. The SMILES string of the molecule is Cc1ccc(C)c(CN(CC2CCCCN2)C2CC2)c1. The lowest BCUT2D eigenvalue weighted by molar-refractivity contribution is 0.208. The molecule has 0 spiro atoms. The molecule has 2 fully saturated rings. The van der Waals surface area contributed by atoms with Crippen molar-refractivity contribution in [2.45, 2.75) is 64.6 Å². The number of hydrogen-bond donors (Lipinski definition) is 1. The van der Waals surface area contributed by atoms with Gasteiger partial charge in [0.2, 0.25) is 0 Å². The Morgan fingerprint density at radius 2 is 2.00 bits per heavy atom. The molecule has 1 saturated carbocycles. The molecule has 1 aliphatic heterocycles. The first-order valence-electron chi connectivity index (χ1n) is 8.26. The normalized spacial score (nSPS) is 23.2. The van der Waals surface area contributed by atoms with Crippen molar-refractivity contribution in [3.8, 4) is 0 Å². The van der Waals surface area contributed by atoms with Crippen LogP contribution in [0.1, 0.15) is 48.8 Å². The van der Waals surface area contributed by atoms with Gasteiger partial charge < -0.3 is 5.32 Å². The molecule has 0 aromatic heterocycles. The lowest BCUT2D eigenvalue weighted by atomic mass is 10.0. The number of hydrogen-bond acceptors (Lipinski definition) is 2. The summed E-state index contributed by atoms with van der Waals surface area (Å²) in [5.41, 5.74) is 4.35. The maximum Gasteiger partial charge on any atom is 0.0240 e. The van der Waals surface area contributed by atoms with Gasteiger partial charge in [0.05, 0.1) is 0 Å². The van der Waals surface area contributed by atoms with Gasteiger partial charge in [0.15, 0.2) is 0 Å². The Hall–Kier alpha value is -0.860. The smallest absolute Gasteiger partial charge is 0.0240 e. The van der Waals surface area contributed by atoms with Crippen molar-refractivity contribution in [2.24, 2.45) is 0 Å². The standard InChI is InChI=1S/C18H28N2/c1-14-6-7-15(2)16(11-14)12-20(18-8-9-18)13-17-5-3-4-10-19-17/h6-7,11,17-19H,3-5,8-10,12-13H2,1-2H3. The monoisotopic (exact) mass is 272 g/mol. The fraction of sp³-hybridized carbons (Fsp3) is 0.667. The van der Waals surface area contributed by atoms with E-state index in [2.05, 4.69) is 42.3 Å². The van der Waals surface area contributed by atoms with Crippen molar-refractivity contribution >= 4 is 0 Å². The van der Waals surface area contributed by atoms with Gasteiger partial charge in [0, 0.05) is 25.2 Å². The van der Waals surface area contributed by atoms with Gasteiger partial charge in [-0.3, -0.25) is 4.90 Å². The molecule has 1 aromatic carbocycles. The molecule has 1 saturated heterocycles. The van der Waals surface area contributed by atoms with Crippen molar-refractivity contribution in [2.75, 3.05) is 13.1 Å². The molecule has 1 heterocycles. The maximum atomic E-state index is 3.70. The molecule has 1 aliphatic carbocycles. The Bertz CT molecular complexity index is 445. The van der Waals surface area contributed by atoms with Crippen LogP contribution in [0.4, 0.5) is 0 Å². The second-order valence-corrected chi connectivity index (χ2v) is 6.74. The number of rotatable bonds is 5. The molecule has 0 amide bonds. The molecule has 110 valence electrons. The van der Waals surface area contributed by atoms with Crippen LogP contribution < -0.4 is 5.32 Å². The molecule has 0 radical (unpaired) electrons. The largest absolute Gasteiger partial charge is 0.313 e. The van der Waals surface area contributed by atoms with Gasteiger partial charge in [-0.15, -0.1) is 0 Å². The molecule has 0 bridgehead atoms. The number of benzene rings is 1. The summed E-state index contributed by atoms with van der Waals surface area (Å²) in [5.74, 6) is 0. The quantitative estimate of drug-likeness (QED) is 0.883. The average molecular weight is 272 g/mol. The zero-order valence-electron chi connectivity index (χ0n) is 13.0. The lowest BCUT2D eigenvalue weighted by Crippen LogP contribution is -2.44. The minimum Gasteiger partial charge on any atom is -0.313 e. The van der Waals surface area contributed by atoms with E-state index in [4.69, 9.17) is 0 Å². The molecule has 1 aromatic rings. The summed E-state index contributed by atoms with van der Waals surface area (Å²) >= 11 is 0. The minimum atomic E-state index is 0.717. The molecule has 1 N–H and O–H groups in total. The highest BCUT2D eigenvalue weighted by molar-refractivity contribution is 5.30. The predicted molar refractivity (Wildman–Crippen MR) is 85.0 cm³/mol. The van der Waals surface area contributed by atoms with E-state index in [9.17, 15) is 0 Å². The van der Waals surface area contributed by atoms with Crippen LogP contribution in [-0.2, 0) is 6.54 Å². The van der Waals surface area contributed by atoms with Gasteiger partial charge in [-0.05, 0) is 57.2 Å². The second-order valence-electron chi connectivity index (χ2n) is 6.74. The summed E-state index contributed by atoms with van der Waals surface area (Å²) in [6.45, 7) is 8.03. The first-order valence-corrected chi connectivity index (χ1v) is 8.26. The highest BCUT2D eigenvalue weighted by Crippen LogP contribution is 2.29. The molecular weight excluding hydrogens is 244 g/mol. The van der Waals surface area contributed by atoms with E-state index in [0.717, 1.165) is 18.6 Å². The van der Waals surface area contributed by atoms with Gasteiger partial charge >= 0.3 is 0 Å². The Morgan fingerprint density at radius 3 is 2.70 bits per heavy atom. The van der Waals surface area contributed by atoms with Gasteiger partial charge in [0.25, 0.3) is 0 Å². The average Bonchev–Trinajstić information content (AvgIpc) is 3.28. The molecular formula is C18H28N2. The predicted octanol–water partition coefficient (Wildman–Crippen LogP) is 3.41.